The lowest BCUT2D eigenvalue weighted by Gasteiger charge is -2.26. The van der Waals surface area contributed by atoms with Crippen molar-refractivity contribution < 1.29 is 14.3 Å². The SMILES string of the molecule is O=C1c2cc(-c3cccc(C4COc5ccccc5C4)c3)ccc2OCC1c1ccccc1. The number of fused-ring (bicyclic) bond motifs is 2. The maximum absolute atomic E-state index is 13.3. The third-order valence-electron chi connectivity index (χ3n) is 6.74. The summed E-state index contributed by atoms with van der Waals surface area (Å²) in [6.45, 7) is 1.06. The molecule has 0 N–H and O–H groups in total. The molecule has 0 amide bonds. The molecule has 0 bridgehead atoms. The smallest absolute Gasteiger partial charge is 0.177 e. The zero-order valence-electron chi connectivity index (χ0n) is 18.2. The topological polar surface area (TPSA) is 35.5 Å². The van der Waals surface area contributed by atoms with Gasteiger partial charge in [-0.25, -0.2) is 0 Å². The molecule has 2 atom stereocenters. The van der Waals surface area contributed by atoms with Gasteiger partial charge < -0.3 is 9.47 Å². The van der Waals surface area contributed by atoms with Gasteiger partial charge in [0.15, 0.2) is 5.78 Å². The quantitative estimate of drug-likeness (QED) is 0.374. The van der Waals surface area contributed by atoms with E-state index >= 15 is 0 Å². The van der Waals surface area contributed by atoms with Crippen molar-refractivity contribution in [3.63, 3.8) is 0 Å². The normalized spacial score (nSPS) is 19.1. The number of hydrogen-bond donors (Lipinski definition) is 0. The van der Waals surface area contributed by atoms with E-state index in [-0.39, 0.29) is 11.7 Å². The Labute approximate surface area is 193 Å². The van der Waals surface area contributed by atoms with E-state index < -0.39 is 0 Å². The largest absolute Gasteiger partial charge is 0.493 e. The van der Waals surface area contributed by atoms with E-state index in [0.717, 1.165) is 28.9 Å². The Morgan fingerprint density at radius 3 is 2.30 bits per heavy atom. The number of carbonyl (C=O) groups excluding carboxylic acids is 1. The molecule has 0 spiro atoms. The molecule has 6 rings (SSSR count). The Morgan fingerprint density at radius 1 is 0.636 bits per heavy atom. The Hall–Kier alpha value is -3.85. The van der Waals surface area contributed by atoms with Crippen molar-refractivity contribution in [1.29, 1.82) is 0 Å². The molecule has 33 heavy (non-hydrogen) atoms. The Morgan fingerprint density at radius 2 is 1.39 bits per heavy atom. The molecule has 0 saturated carbocycles. The Kier molecular flexibility index (Phi) is 4.95. The highest BCUT2D eigenvalue weighted by atomic mass is 16.5. The predicted octanol–water partition coefficient (Wildman–Crippen LogP) is 6.43. The number of rotatable bonds is 3. The molecule has 3 nitrogen and oxygen atoms in total. The van der Waals surface area contributed by atoms with E-state index in [4.69, 9.17) is 9.47 Å². The van der Waals surface area contributed by atoms with Crippen molar-refractivity contribution in [2.75, 3.05) is 13.2 Å². The van der Waals surface area contributed by atoms with Crippen LogP contribution in [0.1, 0.15) is 38.9 Å². The van der Waals surface area contributed by atoms with Crippen molar-refractivity contribution in [1.82, 2.24) is 0 Å². The average Bonchev–Trinajstić information content (AvgIpc) is 2.89. The van der Waals surface area contributed by atoms with Crippen LogP contribution in [-0.4, -0.2) is 19.0 Å². The summed E-state index contributed by atoms with van der Waals surface area (Å²) in [6, 6.07) is 32.7. The molecule has 162 valence electrons. The molecular formula is C30H24O3. The molecule has 2 aliphatic rings. The maximum Gasteiger partial charge on any atom is 0.177 e. The van der Waals surface area contributed by atoms with Gasteiger partial charge in [-0.05, 0) is 52.4 Å². The van der Waals surface area contributed by atoms with E-state index in [2.05, 4.69) is 36.4 Å². The average molecular weight is 433 g/mol. The fourth-order valence-electron chi connectivity index (χ4n) is 4.91. The monoisotopic (exact) mass is 432 g/mol. The molecule has 0 aliphatic carbocycles. The van der Waals surface area contributed by atoms with Crippen LogP contribution in [0.3, 0.4) is 0 Å². The molecule has 0 radical (unpaired) electrons. The van der Waals surface area contributed by atoms with Crippen LogP contribution in [-0.2, 0) is 6.42 Å². The lowest BCUT2D eigenvalue weighted by molar-refractivity contribution is 0.0896. The standard InChI is InChI=1S/C30H24O3/c31-30-26-17-23(13-14-29(26)33-19-27(30)20-7-2-1-3-8-20)21-10-6-11-22(15-21)25-16-24-9-4-5-12-28(24)32-18-25/h1-15,17,25,27H,16,18-19H2. The molecule has 0 aromatic heterocycles. The van der Waals surface area contributed by atoms with Gasteiger partial charge in [-0.2, -0.15) is 0 Å². The molecule has 2 unspecified atom stereocenters. The third kappa shape index (κ3) is 3.70. The zero-order chi connectivity index (χ0) is 22.2. The first-order valence-electron chi connectivity index (χ1n) is 11.4. The summed E-state index contributed by atoms with van der Waals surface area (Å²) in [4.78, 5) is 13.3. The minimum absolute atomic E-state index is 0.123. The van der Waals surface area contributed by atoms with E-state index in [9.17, 15) is 4.79 Å². The summed E-state index contributed by atoms with van der Waals surface area (Å²) in [6.07, 6.45) is 0.967. The van der Waals surface area contributed by atoms with Crippen molar-refractivity contribution in [2.45, 2.75) is 18.3 Å². The van der Waals surface area contributed by atoms with Crippen molar-refractivity contribution in [3.05, 3.63) is 119 Å². The molecule has 0 saturated heterocycles. The fraction of sp³-hybridized carbons (Fsp3) is 0.167. The number of carbonyl (C=O) groups is 1. The van der Waals surface area contributed by atoms with Gasteiger partial charge in [0.05, 0.1) is 18.1 Å². The summed E-state index contributed by atoms with van der Waals surface area (Å²) >= 11 is 0. The fourth-order valence-corrected chi connectivity index (χ4v) is 4.91. The number of hydrogen-bond acceptors (Lipinski definition) is 3. The summed E-state index contributed by atoms with van der Waals surface area (Å²) < 4.78 is 12.0. The van der Waals surface area contributed by atoms with Crippen LogP contribution >= 0.6 is 0 Å². The van der Waals surface area contributed by atoms with Gasteiger partial charge in [-0.1, -0.05) is 78.9 Å². The van der Waals surface area contributed by atoms with E-state index in [0.29, 0.717) is 30.4 Å². The van der Waals surface area contributed by atoms with Gasteiger partial charge in [0.25, 0.3) is 0 Å². The van der Waals surface area contributed by atoms with Crippen LogP contribution in [0.5, 0.6) is 11.5 Å². The maximum atomic E-state index is 13.3. The summed E-state index contributed by atoms with van der Waals surface area (Å²) in [5.74, 6) is 1.83. The van der Waals surface area contributed by atoms with Gasteiger partial charge >= 0.3 is 0 Å². The van der Waals surface area contributed by atoms with E-state index in [1.165, 1.54) is 11.1 Å². The van der Waals surface area contributed by atoms with Crippen LogP contribution in [0.2, 0.25) is 0 Å². The highest BCUT2D eigenvalue weighted by Gasteiger charge is 2.30. The van der Waals surface area contributed by atoms with E-state index in [1.54, 1.807) is 0 Å². The molecule has 0 fully saturated rings. The first-order valence-corrected chi connectivity index (χ1v) is 11.4. The lowest BCUT2D eigenvalue weighted by Crippen LogP contribution is -2.26. The number of Topliss-reactive ketones (excluding diaryl/α,β-unsaturated/α-hetero) is 1. The van der Waals surface area contributed by atoms with Gasteiger partial charge in [-0.3, -0.25) is 4.79 Å². The van der Waals surface area contributed by atoms with Crippen LogP contribution in [0.15, 0.2) is 97.1 Å². The molecule has 4 aromatic carbocycles. The first kappa shape index (κ1) is 19.8. The molecule has 4 aromatic rings. The zero-order valence-corrected chi connectivity index (χ0v) is 18.2. The molecule has 3 heteroatoms. The second-order valence-corrected chi connectivity index (χ2v) is 8.79. The van der Waals surface area contributed by atoms with Gasteiger partial charge in [0.2, 0.25) is 0 Å². The minimum atomic E-state index is -0.264. The summed E-state index contributed by atoms with van der Waals surface area (Å²) in [5, 5.41) is 0. The van der Waals surface area contributed by atoms with Crippen molar-refractivity contribution in [2.24, 2.45) is 0 Å². The Bertz CT molecular complexity index is 1330. The van der Waals surface area contributed by atoms with Gasteiger partial charge in [0.1, 0.15) is 18.1 Å². The first-order chi connectivity index (χ1) is 16.3. The highest BCUT2D eigenvalue weighted by Crippen LogP contribution is 2.37. The van der Waals surface area contributed by atoms with Crippen LogP contribution in [0.25, 0.3) is 11.1 Å². The van der Waals surface area contributed by atoms with Crippen LogP contribution in [0, 0.1) is 0 Å². The minimum Gasteiger partial charge on any atom is -0.493 e. The second-order valence-electron chi connectivity index (χ2n) is 8.79. The van der Waals surface area contributed by atoms with Crippen LogP contribution in [0.4, 0.5) is 0 Å². The van der Waals surface area contributed by atoms with E-state index in [1.807, 2.05) is 60.7 Å². The number of para-hydroxylation sites is 1. The van der Waals surface area contributed by atoms with Crippen molar-refractivity contribution >= 4 is 5.78 Å². The highest BCUT2D eigenvalue weighted by molar-refractivity contribution is 6.05. The van der Waals surface area contributed by atoms with Gasteiger partial charge in [-0.15, -0.1) is 0 Å². The predicted molar refractivity (Wildman–Crippen MR) is 129 cm³/mol. The molecule has 2 heterocycles. The lowest BCUT2D eigenvalue weighted by atomic mass is 9.86. The third-order valence-corrected chi connectivity index (χ3v) is 6.74. The van der Waals surface area contributed by atoms with Crippen LogP contribution < -0.4 is 9.47 Å². The van der Waals surface area contributed by atoms with Crippen molar-refractivity contribution in [3.8, 4) is 22.6 Å². The molecule has 2 aliphatic heterocycles. The summed E-state index contributed by atoms with van der Waals surface area (Å²) in [5.41, 5.74) is 6.29. The number of ketones is 1. The Balaban J connectivity index is 1.30. The number of benzene rings is 4. The summed E-state index contributed by atoms with van der Waals surface area (Å²) in [7, 11) is 0. The van der Waals surface area contributed by atoms with Gasteiger partial charge in [0, 0.05) is 5.92 Å². The number of ether oxygens (including phenoxy) is 2. The second kappa shape index (κ2) is 8.25. The molecular weight excluding hydrogens is 408 g/mol.